The number of phosphoric acid groups is 1. The van der Waals surface area contributed by atoms with Crippen LogP contribution in [0.2, 0.25) is 0 Å². The third-order valence-electron chi connectivity index (χ3n) is 3.29. The number of nitrogens with zero attached hydrogens (tertiary/aromatic N) is 4. The zero-order valence-electron chi connectivity index (χ0n) is 14.2. The molecule has 0 spiro atoms. The van der Waals surface area contributed by atoms with E-state index in [2.05, 4.69) is 36.6 Å². The van der Waals surface area contributed by atoms with E-state index in [1.807, 2.05) is 53.0 Å². The summed E-state index contributed by atoms with van der Waals surface area (Å²) in [5, 5.41) is 0. The average Bonchev–Trinajstić information content (AvgIpc) is 2.90. The molecule has 0 aliphatic heterocycles. The topological polar surface area (TPSA) is 90.0 Å². The number of rotatable bonds is 1. The van der Waals surface area contributed by atoms with Crippen molar-refractivity contribution in [3.05, 3.63) is 36.4 Å². The van der Waals surface area contributed by atoms with E-state index in [-0.39, 0.29) is 0 Å². The van der Waals surface area contributed by atoms with Crippen LogP contribution in [-0.2, 0) is 37.3 Å². The zero-order chi connectivity index (χ0) is 17.5. The van der Waals surface area contributed by atoms with Crippen LogP contribution >= 0.6 is 7.82 Å². The Morgan fingerprint density at radius 3 is 1.32 bits per heavy atom. The van der Waals surface area contributed by atoms with Gasteiger partial charge < -0.3 is 18.9 Å². The first kappa shape index (κ1) is 20.5. The fourth-order valence-corrected chi connectivity index (χ4v) is 1.33. The first-order valence-corrected chi connectivity index (χ1v) is 7.98. The number of imidazole rings is 2. The van der Waals surface area contributed by atoms with Gasteiger partial charge in [-0.2, -0.15) is 0 Å². The van der Waals surface area contributed by atoms with E-state index in [9.17, 15) is 14.4 Å². The molecule has 0 N–H and O–H groups in total. The Balaban J connectivity index is 0.000000306. The van der Waals surface area contributed by atoms with E-state index in [0.29, 0.717) is 0 Å². The number of phosphoric ester groups is 1. The summed E-state index contributed by atoms with van der Waals surface area (Å²) in [6.45, 7) is 4.17. The minimum Gasteiger partial charge on any atom is -0.790 e. The molecule has 0 aliphatic rings. The minimum absolute atomic E-state index is 0.820. The highest BCUT2D eigenvalue weighted by atomic mass is 31.2. The lowest BCUT2D eigenvalue weighted by Crippen LogP contribution is -2.29. The van der Waals surface area contributed by atoms with E-state index >= 15 is 0 Å². The lowest BCUT2D eigenvalue weighted by Gasteiger charge is -2.25. The second-order valence-corrected chi connectivity index (χ2v) is 6.02. The molecule has 0 saturated heterocycles. The van der Waals surface area contributed by atoms with Gasteiger partial charge in [0.15, 0.2) is 0 Å². The summed E-state index contributed by atoms with van der Waals surface area (Å²) in [4.78, 5) is 18.5. The Kier molecular flexibility index (Phi) is 8.26. The molecule has 2 aromatic heterocycles. The summed E-state index contributed by atoms with van der Waals surface area (Å²) in [5.41, 5.74) is 0. The standard InChI is InChI=1S/2C6H11N2.CH5O4P/c2*1-6-7(2)4-5-8(6)3;1-5-6(2,3)4/h2*4-5H,1-3H3;1H3,(H2,2,3,4)/q2*+1;/p-2. The van der Waals surface area contributed by atoms with Gasteiger partial charge in [0, 0.05) is 21.0 Å². The van der Waals surface area contributed by atoms with Gasteiger partial charge in [-0.05, 0) is 0 Å². The van der Waals surface area contributed by atoms with E-state index in [1.54, 1.807) is 0 Å². The third-order valence-corrected chi connectivity index (χ3v) is 3.74. The molecule has 9 heteroatoms. The Morgan fingerprint density at radius 1 is 1.00 bits per heavy atom. The monoisotopic (exact) mass is 332 g/mol. The van der Waals surface area contributed by atoms with Crippen LogP contribution in [0.25, 0.3) is 0 Å². The van der Waals surface area contributed by atoms with Crippen LogP contribution in [0, 0.1) is 13.8 Å². The minimum atomic E-state index is -4.65. The number of aromatic nitrogens is 4. The molecule has 0 amide bonds. The summed E-state index contributed by atoms with van der Waals surface area (Å²) < 4.78 is 21.0. The number of hydrogen-bond acceptors (Lipinski definition) is 4. The molecule has 2 aromatic rings. The third kappa shape index (κ3) is 7.51. The second-order valence-electron chi connectivity index (χ2n) is 4.76. The van der Waals surface area contributed by atoms with Gasteiger partial charge in [-0.3, -0.25) is 0 Å². The molecule has 0 fully saturated rings. The molecule has 0 aliphatic carbocycles. The molecule has 0 radical (unpaired) electrons. The predicted octanol–water partition coefficient (Wildman–Crippen LogP) is -1.22. The van der Waals surface area contributed by atoms with Crippen LogP contribution < -0.4 is 18.9 Å². The van der Waals surface area contributed by atoms with Crippen LogP contribution in [-0.4, -0.2) is 16.2 Å². The second kappa shape index (κ2) is 8.85. The van der Waals surface area contributed by atoms with Crippen molar-refractivity contribution in [2.45, 2.75) is 13.8 Å². The van der Waals surface area contributed by atoms with Crippen molar-refractivity contribution in [1.82, 2.24) is 9.13 Å². The van der Waals surface area contributed by atoms with Crippen molar-refractivity contribution < 1.29 is 28.0 Å². The molecular formula is C13H25N4O4P. The van der Waals surface area contributed by atoms with Gasteiger partial charge in [0.05, 0.1) is 36.0 Å². The number of aryl methyl sites for hydroxylation is 4. The van der Waals surface area contributed by atoms with Crippen molar-refractivity contribution >= 4 is 7.82 Å². The van der Waals surface area contributed by atoms with Gasteiger partial charge in [0.2, 0.25) is 0 Å². The van der Waals surface area contributed by atoms with Crippen molar-refractivity contribution in [1.29, 1.82) is 0 Å². The smallest absolute Gasteiger partial charge is 0.252 e. The molecule has 2 heterocycles. The van der Waals surface area contributed by atoms with Crippen LogP contribution in [0.4, 0.5) is 0 Å². The molecular weight excluding hydrogens is 307 g/mol. The van der Waals surface area contributed by atoms with Crippen molar-refractivity contribution in [3.8, 4) is 0 Å². The highest BCUT2D eigenvalue weighted by Gasteiger charge is 2.01. The fourth-order valence-electron chi connectivity index (χ4n) is 1.33. The van der Waals surface area contributed by atoms with Gasteiger partial charge in [0.1, 0.15) is 24.8 Å². The van der Waals surface area contributed by atoms with Crippen LogP contribution in [0.15, 0.2) is 24.8 Å². The Morgan fingerprint density at radius 2 is 1.27 bits per heavy atom. The largest absolute Gasteiger partial charge is 0.790 e. The Bertz CT molecular complexity index is 547. The van der Waals surface area contributed by atoms with Gasteiger partial charge in [0.25, 0.3) is 11.6 Å². The molecule has 22 heavy (non-hydrogen) atoms. The first-order valence-electron chi connectivity index (χ1n) is 6.52. The quantitative estimate of drug-likeness (QED) is 0.483. The normalized spacial score (nSPS) is 10.4. The Labute approximate surface area is 131 Å². The first-order chi connectivity index (χ1) is 9.99. The van der Waals surface area contributed by atoms with Gasteiger partial charge in [-0.1, -0.05) is 0 Å². The van der Waals surface area contributed by atoms with Gasteiger partial charge in [-0.25, -0.2) is 18.3 Å². The van der Waals surface area contributed by atoms with Gasteiger partial charge in [-0.15, -0.1) is 0 Å². The predicted molar refractivity (Wildman–Crippen MR) is 77.3 cm³/mol. The lowest BCUT2D eigenvalue weighted by molar-refractivity contribution is -0.677. The lowest BCUT2D eigenvalue weighted by atomic mass is 10.7. The van der Waals surface area contributed by atoms with Crippen molar-refractivity contribution in [2.24, 2.45) is 28.2 Å². The summed E-state index contributed by atoms with van der Waals surface area (Å²) in [7, 11) is 4.32. The van der Waals surface area contributed by atoms with Crippen LogP contribution in [0.3, 0.4) is 0 Å². The average molecular weight is 332 g/mol. The van der Waals surface area contributed by atoms with Crippen LogP contribution in [0.1, 0.15) is 11.6 Å². The van der Waals surface area contributed by atoms with E-state index in [0.717, 1.165) is 7.11 Å². The molecule has 0 bridgehead atoms. The maximum absolute atomic E-state index is 9.25. The maximum atomic E-state index is 9.25. The SMILES string of the molecule is COP(=O)([O-])[O-].Cc1n(C)cc[n+]1C.Cc1n(C)cc[n+]1C. The van der Waals surface area contributed by atoms with Crippen molar-refractivity contribution in [2.75, 3.05) is 7.11 Å². The summed E-state index contributed by atoms with van der Waals surface area (Å²) in [6.07, 6.45) is 8.15. The highest BCUT2D eigenvalue weighted by Crippen LogP contribution is 2.21. The summed E-state index contributed by atoms with van der Waals surface area (Å²) in [6, 6.07) is 0. The molecule has 0 aromatic carbocycles. The highest BCUT2D eigenvalue weighted by molar-refractivity contribution is 7.43. The summed E-state index contributed by atoms with van der Waals surface area (Å²) in [5.74, 6) is 2.54. The van der Waals surface area contributed by atoms with E-state index < -0.39 is 7.82 Å². The molecule has 8 nitrogen and oxygen atoms in total. The summed E-state index contributed by atoms with van der Waals surface area (Å²) >= 11 is 0. The molecule has 2 rings (SSSR count). The molecule has 0 unspecified atom stereocenters. The van der Waals surface area contributed by atoms with Crippen LogP contribution in [0.5, 0.6) is 0 Å². The van der Waals surface area contributed by atoms with Gasteiger partial charge >= 0.3 is 0 Å². The van der Waals surface area contributed by atoms with Crippen molar-refractivity contribution in [3.63, 3.8) is 0 Å². The number of hydrogen-bond donors (Lipinski definition) is 0. The maximum Gasteiger partial charge on any atom is 0.252 e. The molecule has 0 atom stereocenters. The fraction of sp³-hybridized carbons (Fsp3) is 0.538. The Hall–Kier alpha value is -1.47. The van der Waals surface area contributed by atoms with E-state index in [1.165, 1.54) is 11.6 Å². The molecule has 0 saturated carbocycles. The zero-order valence-corrected chi connectivity index (χ0v) is 15.1. The molecule has 126 valence electrons. The van der Waals surface area contributed by atoms with E-state index in [4.69, 9.17) is 0 Å².